The van der Waals surface area contributed by atoms with Gasteiger partial charge in [-0.25, -0.2) is 0 Å². The molecule has 0 saturated heterocycles. The molecule has 0 fully saturated rings. The zero-order chi connectivity index (χ0) is 13.8. The summed E-state index contributed by atoms with van der Waals surface area (Å²) in [6.45, 7) is 7.13. The lowest BCUT2D eigenvalue weighted by molar-refractivity contribution is -0.131. The molecule has 1 aromatic heterocycles. The Morgan fingerprint density at radius 2 is 2.11 bits per heavy atom. The Hall–Kier alpha value is -1.29. The predicted octanol–water partition coefficient (Wildman–Crippen LogP) is 1.96. The van der Waals surface area contributed by atoms with Gasteiger partial charge in [0.05, 0.1) is 0 Å². The molecule has 0 atom stereocenters. The van der Waals surface area contributed by atoms with Gasteiger partial charge in [-0.15, -0.1) is 0 Å². The van der Waals surface area contributed by atoms with Crippen molar-refractivity contribution in [2.45, 2.75) is 33.6 Å². The average molecular weight is 252 g/mol. The highest BCUT2D eigenvalue weighted by atomic mass is 16.3. The first-order valence-corrected chi connectivity index (χ1v) is 6.33. The molecule has 1 heterocycles. The number of nitrogens with zero attached hydrogens (tertiary/aromatic N) is 1. The summed E-state index contributed by atoms with van der Waals surface area (Å²) in [4.78, 5) is 13.7. The second kappa shape index (κ2) is 6.05. The molecular weight excluding hydrogens is 228 g/mol. The van der Waals surface area contributed by atoms with Crippen LogP contribution < -0.4 is 5.73 Å². The first kappa shape index (κ1) is 14.8. The molecule has 102 valence electrons. The van der Waals surface area contributed by atoms with E-state index in [1.807, 2.05) is 40.0 Å². The number of nitrogens with two attached hydrogens (primary N) is 1. The molecule has 0 saturated carbocycles. The van der Waals surface area contributed by atoms with Crippen molar-refractivity contribution < 1.29 is 9.21 Å². The van der Waals surface area contributed by atoms with Crippen molar-refractivity contribution in [3.63, 3.8) is 0 Å². The van der Waals surface area contributed by atoms with Crippen molar-refractivity contribution in [2.24, 2.45) is 11.1 Å². The van der Waals surface area contributed by atoms with E-state index in [0.29, 0.717) is 19.5 Å². The molecule has 0 aromatic carbocycles. The summed E-state index contributed by atoms with van der Waals surface area (Å²) in [5.74, 6) is 1.96. The molecule has 0 aliphatic carbocycles. The molecule has 0 spiro atoms. The van der Waals surface area contributed by atoms with E-state index in [9.17, 15) is 4.79 Å². The summed E-state index contributed by atoms with van der Waals surface area (Å²) in [6, 6.07) is 3.89. The standard InChI is InChI=1S/C14H24N2O2/c1-11-5-6-12(18-11)7-8-16(4)13(17)9-14(2,3)10-15/h5-6H,7-10,15H2,1-4H3. The smallest absolute Gasteiger partial charge is 0.222 e. The van der Waals surface area contributed by atoms with Crippen LogP contribution in [0.3, 0.4) is 0 Å². The third-order valence-electron chi connectivity index (χ3n) is 3.10. The van der Waals surface area contributed by atoms with Gasteiger partial charge in [0.25, 0.3) is 0 Å². The van der Waals surface area contributed by atoms with Gasteiger partial charge in [-0.3, -0.25) is 4.79 Å². The fraction of sp³-hybridized carbons (Fsp3) is 0.643. The lowest BCUT2D eigenvalue weighted by atomic mass is 9.89. The first-order chi connectivity index (χ1) is 8.34. The molecule has 1 amide bonds. The Kier molecular flexibility index (Phi) is 4.96. The summed E-state index contributed by atoms with van der Waals surface area (Å²) < 4.78 is 5.48. The third-order valence-corrected chi connectivity index (χ3v) is 3.10. The van der Waals surface area contributed by atoms with Gasteiger partial charge in [0, 0.05) is 26.4 Å². The van der Waals surface area contributed by atoms with Gasteiger partial charge in [0.1, 0.15) is 11.5 Å². The van der Waals surface area contributed by atoms with Gasteiger partial charge in [0.15, 0.2) is 0 Å². The van der Waals surface area contributed by atoms with E-state index in [4.69, 9.17) is 10.2 Å². The summed E-state index contributed by atoms with van der Waals surface area (Å²) in [5.41, 5.74) is 5.50. The van der Waals surface area contributed by atoms with Crippen LogP contribution in [0, 0.1) is 12.3 Å². The first-order valence-electron chi connectivity index (χ1n) is 6.33. The molecular formula is C14H24N2O2. The largest absolute Gasteiger partial charge is 0.466 e. The van der Waals surface area contributed by atoms with Gasteiger partial charge in [0.2, 0.25) is 5.91 Å². The van der Waals surface area contributed by atoms with Crippen LogP contribution in [0.5, 0.6) is 0 Å². The topological polar surface area (TPSA) is 59.5 Å². The van der Waals surface area contributed by atoms with E-state index >= 15 is 0 Å². The summed E-state index contributed by atoms with van der Waals surface area (Å²) in [5, 5.41) is 0. The molecule has 4 heteroatoms. The minimum atomic E-state index is -0.132. The van der Waals surface area contributed by atoms with Crippen molar-refractivity contribution in [3.8, 4) is 0 Å². The second-order valence-electron chi connectivity index (χ2n) is 5.62. The van der Waals surface area contributed by atoms with Gasteiger partial charge in [-0.2, -0.15) is 0 Å². The quantitative estimate of drug-likeness (QED) is 0.842. The molecule has 0 bridgehead atoms. The summed E-state index contributed by atoms with van der Waals surface area (Å²) in [7, 11) is 1.82. The maximum atomic E-state index is 12.0. The third kappa shape index (κ3) is 4.53. The number of hydrogen-bond acceptors (Lipinski definition) is 3. The molecule has 18 heavy (non-hydrogen) atoms. The number of likely N-dealkylation sites (N-methyl/N-ethyl adjacent to an activating group) is 1. The van der Waals surface area contributed by atoms with Crippen LogP contribution in [-0.4, -0.2) is 30.9 Å². The van der Waals surface area contributed by atoms with Crippen LogP contribution in [-0.2, 0) is 11.2 Å². The molecule has 1 aromatic rings. The maximum absolute atomic E-state index is 12.0. The highest BCUT2D eigenvalue weighted by molar-refractivity contribution is 5.76. The number of carbonyl (C=O) groups is 1. The zero-order valence-electron chi connectivity index (χ0n) is 11.8. The highest BCUT2D eigenvalue weighted by Gasteiger charge is 2.22. The Labute approximate surface area is 109 Å². The van der Waals surface area contributed by atoms with E-state index in [1.54, 1.807) is 4.90 Å². The van der Waals surface area contributed by atoms with Gasteiger partial charge < -0.3 is 15.1 Å². The second-order valence-corrected chi connectivity index (χ2v) is 5.62. The lowest BCUT2D eigenvalue weighted by Gasteiger charge is -2.25. The monoisotopic (exact) mass is 252 g/mol. The molecule has 1 rings (SSSR count). The summed E-state index contributed by atoms with van der Waals surface area (Å²) in [6.07, 6.45) is 1.23. The Bertz CT molecular complexity index is 396. The van der Waals surface area contributed by atoms with Crippen LogP contribution in [0.1, 0.15) is 31.8 Å². The van der Waals surface area contributed by atoms with E-state index in [-0.39, 0.29) is 11.3 Å². The van der Waals surface area contributed by atoms with Crippen molar-refractivity contribution in [1.82, 2.24) is 4.90 Å². The summed E-state index contributed by atoms with van der Waals surface area (Å²) >= 11 is 0. The Morgan fingerprint density at radius 3 is 2.61 bits per heavy atom. The Morgan fingerprint density at radius 1 is 1.44 bits per heavy atom. The molecule has 0 aliphatic heterocycles. The van der Waals surface area contributed by atoms with Crippen molar-refractivity contribution in [1.29, 1.82) is 0 Å². The fourth-order valence-electron chi connectivity index (χ4n) is 1.64. The van der Waals surface area contributed by atoms with Gasteiger partial charge >= 0.3 is 0 Å². The van der Waals surface area contributed by atoms with Crippen molar-refractivity contribution >= 4 is 5.91 Å². The minimum Gasteiger partial charge on any atom is -0.466 e. The fourth-order valence-corrected chi connectivity index (χ4v) is 1.64. The van der Waals surface area contributed by atoms with Crippen molar-refractivity contribution in [2.75, 3.05) is 20.1 Å². The van der Waals surface area contributed by atoms with Crippen LogP contribution in [0.4, 0.5) is 0 Å². The van der Waals surface area contributed by atoms with Crippen LogP contribution >= 0.6 is 0 Å². The number of furan rings is 1. The van der Waals surface area contributed by atoms with Crippen LogP contribution in [0.15, 0.2) is 16.5 Å². The number of aryl methyl sites for hydroxylation is 1. The number of amides is 1. The molecule has 0 aliphatic rings. The van der Waals surface area contributed by atoms with Gasteiger partial charge in [-0.1, -0.05) is 13.8 Å². The average Bonchev–Trinajstić information content (AvgIpc) is 2.71. The number of rotatable bonds is 6. The van der Waals surface area contributed by atoms with E-state index in [2.05, 4.69) is 0 Å². The molecule has 0 radical (unpaired) electrons. The highest BCUT2D eigenvalue weighted by Crippen LogP contribution is 2.19. The lowest BCUT2D eigenvalue weighted by Crippen LogP contribution is -2.35. The molecule has 0 unspecified atom stereocenters. The van der Waals surface area contributed by atoms with E-state index < -0.39 is 0 Å². The van der Waals surface area contributed by atoms with E-state index in [0.717, 1.165) is 17.9 Å². The zero-order valence-corrected chi connectivity index (χ0v) is 11.8. The van der Waals surface area contributed by atoms with Crippen LogP contribution in [0.2, 0.25) is 0 Å². The minimum absolute atomic E-state index is 0.132. The van der Waals surface area contributed by atoms with E-state index in [1.165, 1.54) is 0 Å². The Balaban J connectivity index is 2.41. The van der Waals surface area contributed by atoms with Gasteiger partial charge in [-0.05, 0) is 31.0 Å². The SMILES string of the molecule is Cc1ccc(CCN(C)C(=O)CC(C)(C)CN)o1. The predicted molar refractivity (Wildman–Crippen MR) is 72.2 cm³/mol. The number of hydrogen-bond donors (Lipinski definition) is 1. The molecule has 4 nitrogen and oxygen atoms in total. The molecule has 2 N–H and O–H groups in total. The normalized spacial score (nSPS) is 11.6. The number of carbonyl (C=O) groups excluding carboxylic acids is 1. The van der Waals surface area contributed by atoms with Crippen LogP contribution in [0.25, 0.3) is 0 Å². The maximum Gasteiger partial charge on any atom is 0.222 e. The van der Waals surface area contributed by atoms with Crippen molar-refractivity contribution in [3.05, 3.63) is 23.7 Å².